The first kappa shape index (κ1) is 17.2. The summed E-state index contributed by atoms with van der Waals surface area (Å²) in [6.07, 6.45) is 5.33. The number of piperidine rings is 1. The molecule has 1 atom stereocenters. The van der Waals surface area contributed by atoms with E-state index in [1.165, 1.54) is 5.56 Å². The number of hydrogen-bond acceptors (Lipinski definition) is 5. The molecule has 1 aromatic heterocycles. The van der Waals surface area contributed by atoms with Crippen LogP contribution in [0.1, 0.15) is 25.3 Å². The number of carbonyl (C=O) groups is 1. The van der Waals surface area contributed by atoms with Gasteiger partial charge in [-0.05, 0) is 44.9 Å². The summed E-state index contributed by atoms with van der Waals surface area (Å²) in [5, 5.41) is 1.90. The van der Waals surface area contributed by atoms with Crippen LogP contribution >= 0.6 is 0 Å². The van der Waals surface area contributed by atoms with E-state index in [9.17, 15) is 4.79 Å². The van der Waals surface area contributed by atoms with Crippen LogP contribution in [-0.2, 0) is 4.79 Å². The number of anilines is 2. The SMILES string of the molecule is CCN(NC(=O)[C@H]1CCCN(c2ncccn2)C1)c1ccc(C)cc1. The lowest BCUT2D eigenvalue weighted by Gasteiger charge is -2.33. The summed E-state index contributed by atoms with van der Waals surface area (Å²) in [6.45, 7) is 6.35. The van der Waals surface area contributed by atoms with Gasteiger partial charge in [0.2, 0.25) is 11.9 Å². The van der Waals surface area contributed by atoms with E-state index in [1.807, 2.05) is 24.1 Å². The Morgan fingerprint density at radius 3 is 2.68 bits per heavy atom. The Morgan fingerprint density at radius 1 is 1.28 bits per heavy atom. The van der Waals surface area contributed by atoms with Gasteiger partial charge < -0.3 is 4.90 Å². The number of aromatic nitrogens is 2. The van der Waals surface area contributed by atoms with Crippen molar-refractivity contribution in [1.29, 1.82) is 0 Å². The summed E-state index contributed by atoms with van der Waals surface area (Å²) in [4.78, 5) is 23.5. The molecule has 6 heteroatoms. The van der Waals surface area contributed by atoms with E-state index in [-0.39, 0.29) is 11.8 Å². The fourth-order valence-corrected chi connectivity index (χ4v) is 3.10. The number of carbonyl (C=O) groups excluding carboxylic acids is 1. The topological polar surface area (TPSA) is 61.4 Å². The molecule has 25 heavy (non-hydrogen) atoms. The minimum Gasteiger partial charge on any atom is -0.340 e. The van der Waals surface area contributed by atoms with Gasteiger partial charge >= 0.3 is 0 Å². The maximum absolute atomic E-state index is 12.8. The Morgan fingerprint density at radius 2 is 2.00 bits per heavy atom. The van der Waals surface area contributed by atoms with E-state index in [1.54, 1.807) is 18.5 Å². The van der Waals surface area contributed by atoms with Gasteiger partial charge in [-0.25, -0.2) is 9.97 Å². The van der Waals surface area contributed by atoms with Crippen molar-refractivity contribution in [2.75, 3.05) is 29.5 Å². The lowest BCUT2D eigenvalue weighted by molar-refractivity contribution is -0.125. The summed E-state index contributed by atoms with van der Waals surface area (Å²) >= 11 is 0. The van der Waals surface area contributed by atoms with E-state index in [4.69, 9.17) is 0 Å². The van der Waals surface area contributed by atoms with Crippen molar-refractivity contribution in [2.24, 2.45) is 5.92 Å². The standard InChI is InChI=1S/C19H25N5O/c1-3-24(17-9-7-15(2)8-10-17)22-18(25)16-6-4-13-23(14-16)19-20-11-5-12-21-19/h5,7-12,16H,3-4,6,13-14H2,1-2H3,(H,22,25)/t16-/m0/s1. The van der Waals surface area contributed by atoms with Gasteiger partial charge in [0, 0.05) is 32.0 Å². The number of hydrazine groups is 1. The van der Waals surface area contributed by atoms with Crippen LogP contribution in [0, 0.1) is 12.8 Å². The number of benzene rings is 1. The Bertz CT molecular complexity index is 689. The van der Waals surface area contributed by atoms with E-state index in [0.717, 1.165) is 25.1 Å². The van der Waals surface area contributed by atoms with E-state index >= 15 is 0 Å². The molecule has 1 amide bonds. The highest BCUT2D eigenvalue weighted by molar-refractivity contribution is 5.81. The molecule has 0 unspecified atom stereocenters. The Kier molecular flexibility index (Phi) is 5.48. The third-order valence-electron chi connectivity index (χ3n) is 4.53. The van der Waals surface area contributed by atoms with Crippen LogP contribution in [0.15, 0.2) is 42.7 Å². The molecular weight excluding hydrogens is 314 g/mol. The molecule has 6 nitrogen and oxygen atoms in total. The highest BCUT2D eigenvalue weighted by Crippen LogP contribution is 2.21. The van der Waals surface area contributed by atoms with Gasteiger partial charge in [0.05, 0.1) is 11.6 Å². The fraction of sp³-hybridized carbons (Fsp3) is 0.421. The van der Waals surface area contributed by atoms with Crippen LogP contribution in [-0.4, -0.2) is 35.5 Å². The number of aryl methyl sites for hydroxylation is 1. The maximum Gasteiger partial charge on any atom is 0.243 e. The number of nitrogens with zero attached hydrogens (tertiary/aromatic N) is 4. The van der Waals surface area contributed by atoms with Gasteiger partial charge in [-0.15, -0.1) is 0 Å². The summed E-state index contributed by atoms with van der Waals surface area (Å²) < 4.78 is 0. The minimum atomic E-state index is -0.0583. The average molecular weight is 339 g/mol. The molecule has 1 saturated heterocycles. The quantitative estimate of drug-likeness (QED) is 0.848. The second-order valence-electron chi connectivity index (χ2n) is 6.39. The van der Waals surface area contributed by atoms with E-state index < -0.39 is 0 Å². The normalized spacial score (nSPS) is 17.2. The summed E-state index contributed by atoms with van der Waals surface area (Å²) in [5.74, 6) is 0.700. The molecule has 1 aliphatic heterocycles. The minimum absolute atomic E-state index is 0.0583. The van der Waals surface area contributed by atoms with Crippen molar-refractivity contribution in [3.05, 3.63) is 48.3 Å². The second-order valence-corrected chi connectivity index (χ2v) is 6.39. The summed E-state index contributed by atoms with van der Waals surface area (Å²) in [7, 11) is 0. The van der Waals surface area contributed by atoms with Gasteiger partial charge in [0.15, 0.2) is 0 Å². The summed E-state index contributed by atoms with van der Waals surface area (Å²) in [5.41, 5.74) is 5.28. The van der Waals surface area contributed by atoms with Crippen molar-refractivity contribution in [3.8, 4) is 0 Å². The van der Waals surface area contributed by atoms with Gasteiger partial charge in [-0.2, -0.15) is 0 Å². The lowest BCUT2D eigenvalue weighted by atomic mass is 9.97. The zero-order chi connectivity index (χ0) is 17.6. The molecule has 1 aliphatic rings. The predicted molar refractivity (Wildman–Crippen MR) is 99.3 cm³/mol. The number of hydrogen-bond donors (Lipinski definition) is 1. The van der Waals surface area contributed by atoms with Crippen molar-refractivity contribution in [1.82, 2.24) is 15.4 Å². The molecule has 0 bridgehead atoms. The van der Waals surface area contributed by atoms with E-state index in [2.05, 4.69) is 39.4 Å². The summed E-state index contributed by atoms with van der Waals surface area (Å²) in [6, 6.07) is 9.98. The molecule has 0 radical (unpaired) electrons. The third-order valence-corrected chi connectivity index (χ3v) is 4.53. The van der Waals surface area contributed by atoms with Gasteiger partial charge in [-0.1, -0.05) is 17.7 Å². The molecule has 2 heterocycles. The molecule has 132 valence electrons. The fourth-order valence-electron chi connectivity index (χ4n) is 3.10. The van der Waals surface area contributed by atoms with Crippen molar-refractivity contribution in [3.63, 3.8) is 0 Å². The first-order valence-electron chi connectivity index (χ1n) is 8.84. The van der Waals surface area contributed by atoms with Crippen LogP contribution in [0.4, 0.5) is 11.6 Å². The average Bonchev–Trinajstić information content (AvgIpc) is 2.67. The highest BCUT2D eigenvalue weighted by atomic mass is 16.2. The largest absolute Gasteiger partial charge is 0.340 e. The number of rotatable bonds is 5. The van der Waals surface area contributed by atoms with Crippen LogP contribution in [0.25, 0.3) is 0 Å². The van der Waals surface area contributed by atoms with Gasteiger partial charge in [-0.3, -0.25) is 15.2 Å². The van der Waals surface area contributed by atoms with Gasteiger partial charge in [0.1, 0.15) is 0 Å². The van der Waals surface area contributed by atoms with E-state index in [0.29, 0.717) is 19.0 Å². The Balaban J connectivity index is 1.64. The molecule has 1 aromatic carbocycles. The molecule has 2 aromatic rings. The zero-order valence-corrected chi connectivity index (χ0v) is 14.9. The van der Waals surface area contributed by atoms with Gasteiger partial charge in [0.25, 0.3) is 0 Å². The predicted octanol–water partition coefficient (Wildman–Crippen LogP) is 2.56. The smallest absolute Gasteiger partial charge is 0.243 e. The van der Waals surface area contributed by atoms with Crippen molar-refractivity contribution >= 4 is 17.5 Å². The molecule has 0 saturated carbocycles. The maximum atomic E-state index is 12.8. The first-order chi connectivity index (χ1) is 12.2. The molecule has 1 fully saturated rings. The second kappa shape index (κ2) is 7.96. The van der Waals surface area contributed by atoms with Crippen LogP contribution < -0.4 is 15.3 Å². The van der Waals surface area contributed by atoms with Crippen LogP contribution in [0.5, 0.6) is 0 Å². The highest BCUT2D eigenvalue weighted by Gasteiger charge is 2.28. The first-order valence-corrected chi connectivity index (χ1v) is 8.84. The molecule has 3 rings (SSSR count). The molecule has 0 spiro atoms. The van der Waals surface area contributed by atoms with Crippen molar-refractivity contribution < 1.29 is 4.79 Å². The monoisotopic (exact) mass is 339 g/mol. The van der Waals surface area contributed by atoms with Crippen LogP contribution in [0.2, 0.25) is 0 Å². The third kappa shape index (κ3) is 4.26. The number of amides is 1. The molecule has 1 N–H and O–H groups in total. The Labute approximate surface area is 148 Å². The lowest BCUT2D eigenvalue weighted by Crippen LogP contribution is -2.49. The zero-order valence-electron chi connectivity index (χ0n) is 14.9. The molecule has 0 aliphatic carbocycles. The number of nitrogens with one attached hydrogen (secondary N) is 1. The Hall–Kier alpha value is -2.63. The molecular formula is C19H25N5O. The van der Waals surface area contributed by atoms with Crippen molar-refractivity contribution in [2.45, 2.75) is 26.7 Å². The van der Waals surface area contributed by atoms with Crippen LogP contribution in [0.3, 0.4) is 0 Å².